The lowest BCUT2D eigenvalue weighted by molar-refractivity contribution is 0.0649. The molecule has 4 aromatic rings. The number of aromatic amines is 1. The number of nitrogens with one attached hydrogen (secondary N) is 1. The molecule has 1 saturated heterocycles. The molecule has 1 fully saturated rings. The lowest BCUT2D eigenvalue weighted by Crippen LogP contribution is -2.42. The van der Waals surface area contributed by atoms with Crippen LogP contribution in [0.3, 0.4) is 0 Å². The van der Waals surface area contributed by atoms with Crippen molar-refractivity contribution >= 4 is 16.8 Å². The Morgan fingerprint density at radius 1 is 1.26 bits per heavy atom. The smallest absolute Gasteiger partial charge is 0.254 e. The Labute approximate surface area is 179 Å². The highest BCUT2D eigenvalue weighted by molar-refractivity contribution is 5.95. The van der Waals surface area contributed by atoms with Gasteiger partial charge in [0, 0.05) is 47.5 Å². The van der Waals surface area contributed by atoms with E-state index in [9.17, 15) is 9.18 Å². The maximum atomic E-state index is 13.6. The standard InChI is InChI=1S/C24H24FN5O/c1-24(2)10-16(15-30(24)23(31)18-4-3-5-20(25)8-18)14-29-7-6-17-9-21(26-13-22(17)29)19-11-27-28-12-19/h3-9,11-13,16H,10,14-15H2,1-2H3,(H,27,28). The van der Waals surface area contributed by atoms with Crippen LogP contribution in [0.5, 0.6) is 0 Å². The van der Waals surface area contributed by atoms with Gasteiger partial charge in [-0.1, -0.05) is 6.07 Å². The summed E-state index contributed by atoms with van der Waals surface area (Å²) >= 11 is 0. The van der Waals surface area contributed by atoms with Crippen LogP contribution < -0.4 is 0 Å². The van der Waals surface area contributed by atoms with Gasteiger partial charge >= 0.3 is 0 Å². The van der Waals surface area contributed by atoms with E-state index in [0.29, 0.717) is 18.0 Å². The van der Waals surface area contributed by atoms with Gasteiger partial charge in [-0.05, 0) is 56.5 Å². The van der Waals surface area contributed by atoms with Crippen LogP contribution in [0.4, 0.5) is 4.39 Å². The molecule has 7 heteroatoms. The number of nitrogens with zero attached hydrogens (tertiary/aromatic N) is 4. The zero-order chi connectivity index (χ0) is 21.6. The quantitative estimate of drug-likeness (QED) is 0.531. The molecule has 158 valence electrons. The van der Waals surface area contributed by atoms with Crippen LogP contribution in [-0.2, 0) is 6.54 Å². The summed E-state index contributed by atoms with van der Waals surface area (Å²) < 4.78 is 15.8. The molecule has 1 aliphatic heterocycles. The first-order chi connectivity index (χ1) is 14.9. The van der Waals surface area contributed by atoms with Crippen molar-refractivity contribution in [1.29, 1.82) is 0 Å². The van der Waals surface area contributed by atoms with Crippen molar-refractivity contribution in [2.45, 2.75) is 32.4 Å². The van der Waals surface area contributed by atoms with E-state index in [1.54, 1.807) is 18.3 Å². The molecule has 5 rings (SSSR count). The molecular formula is C24H24FN5O. The summed E-state index contributed by atoms with van der Waals surface area (Å²) in [6.07, 6.45) is 8.45. The van der Waals surface area contributed by atoms with Crippen molar-refractivity contribution in [3.63, 3.8) is 0 Å². The van der Waals surface area contributed by atoms with E-state index in [1.165, 1.54) is 12.1 Å². The summed E-state index contributed by atoms with van der Waals surface area (Å²) in [7, 11) is 0. The summed E-state index contributed by atoms with van der Waals surface area (Å²) in [6, 6.07) is 10.1. The molecule has 1 aromatic carbocycles. The lowest BCUT2D eigenvalue weighted by Gasteiger charge is -2.31. The Morgan fingerprint density at radius 2 is 2.13 bits per heavy atom. The van der Waals surface area contributed by atoms with Gasteiger partial charge in [-0.3, -0.25) is 14.9 Å². The number of H-pyrrole nitrogens is 1. The van der Waals surface area contributed by atoms with Gasteiger partial charge in [-0.15, -0.1) is 0 Å². The SMILES string of the molecule is CC1(C)CC(Cn2ccc3cc(-c4cn[nH]c4)ncc32)CN1C(=O)c1cccc(F)c1. The maximum Gasteiger partial charge on any atom is 0.254 e. The predicted molar refractivity (Wildman–Crippen MR) is 117 cm³/mol. The Morgan fingerprint density at radius 3 is 2.90 bits per heavy atom. The Hall–Kier alpha value is -3.48. The first-order valence-electron chi connectivity index (χ1n) is 10.4. The molecule has 0 spiro atoms. The zero-order valence-electron chi connectivity index (χ0n) is 17.5. The topological polar surface area (TPSA) is 66.8 Å². The number of hydrogen-bond acceptors (Lipinski definition) is 3. The van der Waals surface area contributed by atoms with E-state index in [2.05, 4.69) is 51.9 Å². The van der Waals surface area contributed by atoms with Crippen LogP contribution >= 0.6 is 0 Å². The second kappa shape index (κ2) is 7.34. The fraction of sp³-hybridized carbons (Fsp3) is 0.292. The van der Waals surface area contributed by atoms with E-state index >= 15 is 0 Å². The van der Waals surface area contributed by atoms with E-state index in [-0.39, 0.29) is 17.3 Å². The monoisotopic (exact) mass is 417 g/mol. The second-order valence-corrected chi connectivity index (χ2v) is 8.89. The highest BCUT2D eigenvalue weighted by atomic mass is 19.1. The van der Waals surface area contributed by atoms with Crippen LogP contribution in [0.25, 0.3) is 22.2 Å². The third-order valence-corrected chi connectivity index (χ3v) is 6.18. The van der Waals surface area contributed by atoms with E-state index in [0.717, 1.165) is 35.1 Å². The molecule has 6 nitrogen and oxygen atoms in total. The van der Waals surface area contributed by atoms with E-state index in [4.69, 9.17) is 0 Å². The Kier molecular flexibility index (Phi) is 4.61. The molecule has 1 unspecified atom stereocenters. The normalized spacial score (nSPS) is 18.0. The molecule has 1 atom stereocenters. The zero-order valence-corrected chi connectivity index (χ0v) is 17.5. The maximum absolute atomic E-state index is 13.6. The largest absolute Gasteiger partial charge is 0.346 e. The van der Waals surface area contributed by atoms with Gasteiger partial charge in [0.15, 0.2) is 0 Å². The number of pyridine rings is 1. The van der Waals surface area contributed by atoms with E-state index in [1.807, 2.05) is 17.3 Å². The van der Waals surface area contributed by atoms with Crippen molar-refractivity contribution in [3.8, 4) is 11.3 Å². The number of carbonyl (C=O) groups excluding carboxylic acids is 1. The van der Waals surface area contributed by atoms with Gasteiger partial charge in [-0.25, -0.2) is 4.39 Å². The first kappa shape index (κ1) is 19.5. The van der Waals surface area contributed by atoms with E-state index < -0.39 is 0 Å². The molecule has 1 N–H and O–H groups in total. The van der Waals surface area contributed by atoms with Crippen molar-refractivity contribution < 1.29 is 9.18 Å². The number of halogens is 1. The van der Waals surface area contributed by atoms with Crippen LogP contribution in [0.2, 0.25) is 0 Å². The minimum Gasteiger partial charge on any atom is -0.346 e. The molecule has 3 aromatic heterocycles. The fourth-order valence-corrected chi connectivity index (χ4v) is 4.72. The number of hydrogen-bond donors (Lipinski definition) is 1. The van der Waals surface area contributed by atoms with Crippen molar-refractivity contribution in [2.24, 2.45) is 5.92 Å². The summed E-state index contributed by atoms with van der Waals surface area (Å²) in [6.45, 7) is 5.60. The molecule has 0 radical (unpaired) electrons. The van der Waals surface area contributed by atoms with Crippen LogP contribution in [-0.4, -0.2) is 42.6 Å². The highest BCUT2D eigenvalue weighted by Crippen LogP contribution is 2.35. The Bertz CT molecular complexity index is 1240. The molecule has 1 aliphatic rings. The number of carbonyl (C=O) groups is 1. The number of likely N-dealkylation sites (tertiary alicyclic amines) is 1. The average Bonchev–Trinajstić information content (AvgIpc) is 3.47. The predicted octanol–water partition coefficient (Wildman–Crippen LogP) is 4.51. The summed E-state index contributed by atoms with van der Waals surface area (Å²) in [5.41, 5.74) is 3.02. The van der Waals surface area contributed by atoms with Gasteiger partial charge < -0.3 is 9.47 Å². The first-order valence-corrected chi connectivity index (χ1v) is 10.4. The highest BCUT2D eigenvalue weighted by Gasteiger charge is 2.41. The second-order valence-electron chi connectivity index (χ2n) is 8.89. The number of benzene rings is 1. The van der Waals surface area contributed by atoms with Crippen LogP contribution in [0.1, 0.15) is 30.6 Å². The van der Waals surface area contributed by atoms with Gasteiger partial charge in [0.25, 0.3) is 5.91 Å². The van der Waals surface area contributed by atoms with Gasteiger partial charge in [0.05, 0.1) is 23.6 Å². The van der Waals surface area contributed by atoms with Crippen LogP contribution in [0, 0.1) is 11.7 Å². The minimum atomic E-state index is -0.388. The molecule has 0 saturated carbocycles. The summed E-state index contributed by atoms with van der Waals surface area (Å²) in [5.74, 6) is -0.201. The van der Waals surface area contributed by atoms with Crippen LogP contribution in [0.15, 0.2) is 61.2 Å². The number of fused-ring (bicyclic) bond motifs is 1. The van der Waals surface area contributed by atoms with Gasteiger partial charge in [-0.2, -0.15) is 5.10 Å². The molecule has 4 heterocycles. The van der Waals surface area contributed by atoms with Crippen molar-refractivity contribution in [3.05, 3.63) is 72.6 Å². The molecular weight excluding hydrogens is 393 g/mol. The molecule has 0 bridgehead atoms. The summed E-state index contributed by atoms with van der Waals surface area (Å²) in [5, 5.41) is 7.93. The van der Waals surface area contributed by atoms with Gasteiger partial charge in [0.1, 0.15) is 5.82 Å². The molecule has 31 heavy (non-hydrogen) atoms. The average molecular weight is 417 g/mol. The third kappa shape index (κ3) is 3.60. The molecule has 0 aliphatic carbocycles. The minimum absolute atomic E-state index is 0.115. The lowest BCUT2D eigenvalue weighted by atomic mass is 9.96. The number of amides is 1. The Balaban J connectivity index is 1.36. The van der Waals surface area contributed by atoms with Gasteiger partial charge in [0.2, 0.25) is 0 Å². The molecule has 1 amide bonds. The van der Waals surface area contributed by atoms with Crippen molar-refractivity contribution in [1.82, 2.24) is 24.6 Å². The fourth-order valence-electron chi connectivity index (χ4n) is 4.72. The number of rotatable bonds is 4. The summed E-state index contributed by atoms with van der Waals surface area (Å²) in [4.78, 5) is 19.5. The van der Waals surface area contributed by atoms with Crippen molar-refractivity contribution in [2.75, 3.05) is 6.54 Å². The third-order valence-electron chi connectivity index (χ3n) is 6.18. The number of aromatic nitrogens is 4.